The van der Waals surface area contributed by atoms with E-state index in [0.29, 0.717) is 11.4 Å². The Labute approximate surface area is 98.8 Å². The van der Waals surface area contributed by atoms with Crippen molar-refractivity contribution in [3.63, 3.8) is 0 Å². The SMILES string of the molecule is Cc1ccc(NC(=O)C(N)CC(=O)O)c(C)n1. The zero-order valence-electron chi connectivity index (χ0n) is 9.73. The van der Waals surface area contributed by atoms with Crippen LogP contribution in [0.5, 0.6) is 0 Å². The molecule has 0 saturated heterocycles. The Balaban J connectivity index is 2.71. The largest absolute Gasteiger partial charge is 0.481 e. The first-order valence-corrected chi connectivity index (χ1v) is 5.12. The normalized spacial score (nSPS) is 11.9. The zero-order chi connectivity index (χ0) is 13.0. The molecule has 92 valence electrons. The van der Waals surface area contributed by atoms with Gasteiger partial charge in [-0.1, -0.05) is 0 Å². The first-order chi connectivity index (χ1) is 7.90. The highest BCUT2D eigenvalue weighted by molar-refractivity contribution is 5.96. The number of nitrogens with two attached hydrogens (primary N) is 1. The van der Waals surface area contributed by atoms with Gasteiger partial charge in [0.05, 0.1) is 23.8 Å². The molecule has 0 bridgehead atoms. The number of nitrogens with one attached hydrogen (secondary N) is 1. The number of carbonyl (C=O) groups is 2. The van der Waals surface area contributed by atoms with Crippen LogP contribution in [-0.4, -0.2) is 28.0 Å². The molecular formula is C11H15N3O3. The van der Waals surface area contributed by atoms with Crippen LogP contribution in [0.4, 0.5) is 5.69 Å². The molecule has 0 radical (unpaired) electrons. The van der Waals surface area contributed by atoms with E-state index in [4.69, 9.17) is 10.8 Å². The van der Waals surface area contributed by atoms with E-state index in [1.165, 1.54) is 0 Å². The topological polar surface area (TPSA) is 105 Å². The summed E-state index contributed by atoms with van der Waals surface area (Å²) < 4.78 is 0. The maximum Gasteiger partial charge on any atom is 0.305 e. The lowest BCUT2D eigenvalue weighted by Crippen LogP contribution is -2.37. The highest BCUT2D eigenvalue weighted by Gasteiger charge is 2.17. The Morgan fingerprint density at radius 3 is 2.65 bits per heavy atom. The third-order valence-electron chi connectivity index (χ3n) is 2.21. The molecule has 4 N–H and O–H groups in total. The van der Waals surface area contributed by atoms with E-state index in [1.54, 1.807) is 19.1 Å². The molecule has 0 saturated carbocycles. The number of carbonyl (C=O) groups excluding carboxylic acids is 1. The summed E-state index contributed by atoms with van der Waals surface area (Å²) in [5.41, 5.74) is 7.49. The molecule has 1 rings (SSSR count). The van der Waals surface area contributed by atoms with Crippen molar-refractivity contribution in [1.82, 2.24) is 4.98 Å². The van der Waals surface area contributed by atoms with Crippen LogP contribution in [0, 0.1) is 13.8 Å². The molecule has 0 aromatic carbocycles. The molecular weight excluding hydrogens is 222 g/mol. The van der Waals surface area contributed by atoms with E-state index in [2.05, 4.69) is 10.3 Å². The Morgan fingerprint density at radius 2 is 2.12 bits per heavy atom. The number of anilines is 1. The van der Waals surface area contributed by atoms with E-state index in [-0.39, 0.29) is 0 Å². The molecule has 17 heavy (non-hydrogen) atoms. The van der Waals surface area contributed by atoms with Gasteiger partial charge >= 0.3 is 5.97 Å². The molecule has 0 aliphatic rings. The van der Waals surface area contributed by atoms with Crippen LogP contribution < -0.4 is 11.1 Å². The first-order valence-electron chi connectivity index (χ1n) is 5.12. The second-order valence-corrected chi connectivity index (χ2v) is 3.78. The molecule has 0 aliphatic carbocycles. The van der Waals surface area contributed by atoms with E-state index in [0.717, 1.165) is 5.69 Å². The van der Waals surface area contributed by atoms with Gasteiger partial charge in [-0.25, -0.2) is 0 Å². The lowest BCUT2D eigenvalue weighted by atomic mass is 10.2. The van der Waals surface area contributed by atoms with Crippen molar-refractivity contribution in [2.75, 3.05) is 5.32 Å². The van der Waals surface area contributed by atoms with Gasteiger partial charge in [-0.05, 0) is 26.0 Å². The average Bonchev–Trinajstić information content (AvgIpc) is 2.21. The summed E-state index contributed by atoms with van der Waals surface area (Å²) >= 11 is 0. The predicted molar refractivity (Wildman–Crippen MR) is 62.6 cm³/mol. The van der Waals surface area contributed by atoms with Crippen LogP contribution in [0.2, 0.25) is 0 Å². The predicted octanol–water partition coefficient (Wildman–Crippen LogP) is 0.439. The Kier molecular flexibility index (Phi) is 4.17. The Morgan fingerprint density at radius 1 is 1.47 bits per heavy atom. The molecule has 6 heteroatoms. The van der Waals surface area contributed by atoms with Crippen LogP contribution >= 0.6 is 0 Å². The number of pyridine rings is 1. The monoisotopic (exact) mass is 237 g/mol. The van der Waals surface area contributed by atoms with Crippen molar-refractivity contribution in [1.29, 1.82) is 0 Å². The van der Waals surface area contributed by atoms with E-state index < -0.39 is 24.3 Å². The molecule has 1 unspecified atom stereocenters. The molecule has 0 aliphatic heterocycles. The fourth-order valence-corrected chi connectivity index (χ4v) is 1.32. The maximum atomic E-state index is 11.6. The van der Waals surface area contributed by atoms with Crippen molar-refractivity contribution in [3.05, 3.63) is 23.5 Å². The van der Waals surface area contributed by atoms with Gasteiger partial charge < -0.3 is 16.2 Å². The zero-order valence-corrected chi connectivity index (χ0v) is 9.73. The van der Waals surface area contributed by atoms with Crippen molar-refractivity contribution in [2.24, 2.45) is 5.73 Å². The van der Waals surface area contributed by atoms with E-state index in [1.807, 2.05) is 6.92 Å². The Bertz CT molecular complexity index is 446. The highest BCUT2D eigenvalue weighted by atomic mass is 16.4. The summed E-state index contributed by atoms with van der Waals surface area (Å²) in [6.07, 6.45) is -0.399. The number of rotatable bonds is 4. The molecule has 0 fully saturated rings. The number of aryl methyl sites for hydroxylation is 2. The summed E-state index contributed by atoms with van der Waals surface area (Å²) in [5, 5.41) is 11.1. The number of hydrogen-bond acceptors (Lipinski definition) is 4. The minimum Gasteiger partial charge on any atom is -0.481 e. The quantitative estimate of drug-likeness (QED) is 0.704. The fraction of sp³-hybridized carbons (Fsp3) is 0.364. The summed E-state index contributed by atoms with van der Waals surface area (Å²) in [6.45, 7) is 3.60. The smallest absolute Gasteiger partial charge is 0.305 e. The molecule has 1 heterocycles. The number of aliphatic carboxylic acids is 1. The van der Waals surface area contributed by atoms with Gasteiger partial charge in [-0.2, -0.15) is 0 Å². The third kappa shape index (κ3) is 3.84. The summed E-state index contributed by atoms with van der Waals surface area (Å²) in [5.74, 6) is -1.63. The maximum absolute atomic E-state index is 11.6. The second kappa shape index (κ2) is 5.40. The fourth-order valence-electron chi connectivity index (χ4n) is 1.32. The molecule has 6 nitrogen and oxygen atoms in total. The van der Waals surface area contributed by atoms with Gasteiger partial charge in [0.1, 0.15) is 0 Å². The van der Waals surface area contributed by atoms with Crippen LogP contribution in [0.3, 0.4) is 0 Å². The van der Waals surface area contributed by atoms with Crippen molar-refractivity contribution >= 4 is 17.6 Å². The van der Waals surface area contributed by atoms with Gasteiger partial charge in [0.15, 0.2) is 0 Å². The number of hydrogen-bond donors (Lipinski definition) is 3. The number of carboxylic acids is 1. The van der Waals surface area contributed by atoms with E-state index >= 15 is 0 Å². The standard InChI is InChI=1S/C11H15N3O3/c1-6-3-4-9(7(2)13-6)14-11(17)8(12)5-10(15)16/h3-4,8H,5,12H2,1-2H3,(H,14,17)(H,15,16). The van der Waals surface area contributed by atoms with Crippen molar-refractivity contribution in [2.45, 2.75) is 26.3 Å². The van der Waals surface area contributed by atoms with Gasteiger partial charge in [0.25, 0.3) is 0 Å². The van der Waals surface area contributed by atoms with Crippen molar-refractivity contribution in [3.8, 4) is 0 Å². The number of aromatic nitrogens is 1. The van der Waals surface area contributed by atoms with Crippen LogP contribution in [0.15, 0.2) is 12.1 Å². The molecule has 1 amide bonds. The van der Waals surface area contributed by atoms with Crippen LogP contribution in [-0.2, 0) is 9.59 Å². The summed E-state index contributed by atoms with van der Waals surface area (Å²) in [7, 11) is 0. The van der Waals surface area contributed by atoms with Gasteiger partial charge in [0, 0.05) is 5.69 Å². The number of amides is 1. The minimum atomic E-state index is -1.11. The molecule has 0 spiro atoms. The number of carboxylic acid groups (broad SMARTS) is 1. The lowest BCUT2D eigenvalue weighted by molar-refractivity contribution is -0.138. The third-order valence-corrected chi connectivity index (χ3v) is 2.21. The molecule has 1 atom stereocenters. The van der Waals surface area contributed by atoms with Gasteiger partial charge in [-0.3, -0.25) is 14.6 Å². The lowest BCUT2D eigenvalue weighted by Gasteiger charge is -2.11. The Hall–Kier alpha value is -1.95. The molecule has 1 aromatic heterocycles. The van der Waals surface area contributed by atoms with Gasteiger partial charge in [-0.15, -0.1) is 0 Å². The van der Waals surface area contributed by atoms with Crippen LogP contribution in [0.1, 0.15) is 17.8 Å². The summed E-state index contributed by atoms with van der Waals surface area (Å²) in [4.78, 5) is 26.1. The van der Waals surface area contributed by atoms with Crippen LogP contribution in [0.25, 0.3) is 0 Å². The highest BCUT2D eigenvalue weighted by Crippen LogP contribution is 2.12. The van der Waals surface area contributed by atoms with Crippen molar-refractivity contribution < 1.29 is 14.7 Å². The second-order valence-electron chi connectivity index (χ2n) is 3.78. The first kappa shape index (κ1) is 13.1. The minimum absolute atomic E-state index is 0.399. The average molecular weight is 237 g/mol. The number of nitrogens with zero attached hydrogens (tertiary/aromatic N) is 1. The molecule has 1 aromatic rings. The van der Waals surface area contributed by atoms with E-state index in [9.17, 15) is 9.59 Å². The summed E-state index contributed by atoms with van der Waals surface area (Å²) in [6, 6.07) is 2.40. The van der Waals surface area contributed by atoms with Gasteiger partial charge in [0.2, 0.25) is 5.91 Å².